The van der Waals surface area contributed by atoms with Crippen LogP contribution in [0.1, 0.15) is 11.4 Å². The van der Waals surface area contributed by atoms with Gasteiger partial charge < -0.3 is 4.57 Å². The van der Waals surface area contributed by atoms with Gasteiger partial charge in [-0.15, -0.1) is 0 Å². The highest BCUT2D eigenvalue weighted by Crippen LogP contribution is 2.33. The van der Waals surface area contributed by atoms with Gasteiger partial charge in [0.05, 0.1) is 43.9 Å². The summed E-state index contributed by atoms with van der Waals surface area (Å²) in [7, 11) is 1.91. The standard InChI is InChI=1S/C19H13Cl4N3/c1-26-12(10-24-18-14(20)4-2-5-15(18)21)8-9-13(26)11-25-19-16(22)6-3-7-17(19)23/h2-11H,1H3. The number of hydrogen-bond acceptors (Lipinski definition) is 2. The first-order valence-corrected chi connectivity index (χ1v) is 9.10. The Balaban J connectivity index is 1.87. The van der Waals surface area contributed by atoms with Gasteiger partial charge in [0, 0.05) is 7.05 Å². The number of aliphatic imine (C=N–C) groups is 2. The number of halogens is 4. The molecule has 1 heterocycles. The Bertz CT molecular complexity index is 887. The summed E-state index contributed by atoms with van der Waals surface area (Å²) >= 11 is 24.5. The molecule has 0 saturated heterocycles. The molecule has 0 bridgehead atoms. The lowest BCUT2D eigenvalue weighted by molar-refractivity contribution is 0.909. The molecule has 3 rings (SSSR count). The van der Waals surface area contributed by atoms with Crippen molar-refractivity contribution in [1.82, 2.24) is 4.57 Å². The van der Waals surface area contributed by atoms with Crippen LogP contribution in [-0.2, 0) is 7.05 Å². The lowest BCUT2D eigenvalue weighted by atomic mass is 10.3. The first-order chi connectivity index (χ1) is 12.5. The predicted octanol–water partition coefficient (Wildman–Crippen LogP) is 7.14. The lowest BCUT2D eigenvalue weighted by Gasteiger charge is -2.03. The normalized spacial score (nSPS) is 11.7. The first kappa shape index (κ1) is 19.0. The summed E-state index contributed by atoms with van der Waals surface area (Å²) in [5, 5.41) is 1.99. The van der Waals surface area contributed by atoms with Gasteiger partial charge in [0.2, 0.25) is 0 Å². The molecule has 0 atom stereocenters. The Labute approximate surface area is 171 Å². The van der Waals surface area contributed by atoms with Gasteiger partial charge in [-0.05, 0) is 36.4 Å². The Hall–Kier alpha value is -1.78. The molecular weight excluding hydrogens is 412 g/mol. The van der Waals surface area contributed by atoms with E-state index in [0.717, 1.165) is 11.4 Å². The number of aromatic nitrogens is 1. The second-order valence-corrected chi connectivity index (χ2v) is 7.03. The van der Waals surface area contributed by atoms with Crippen LogP contribution in [0, 0.1) is 0 Å². The maximum atomic E-state index is 6.14. The second kappa shape index (κ2) is 8.28. The van der Waals surface area contributed by atoms with Crippen molar-refractivity contribution in [2.45, 2.75) is 0 Å². The smallest absolute Gasteiger partial charge is 0.100 e. The van der Waals surface area contributed by atoms with Gasteiger partial charge in [0.15, 0.2) is 0 Å². The number of benzene rings is 2. The lowest BCUT2D eigenvalue weighted by Crippen LogP contribution is -1.99. The average molecular weight is 425 g/mol. The van der Waals surface area contributed by atoms with Crippen LogP contribution < -0.4 is 0 Å². The van der Waals surface area contributed by atoms with E-state index >= 15 is 0 Å². The summed E-state index contributed by atoms with van der Waals surface area (Å²) in [6.45, 7) is 0. The number of para-hydroxylation sites is 2. The molecule has 1 aromatic heterocycles. The zero-order valence-electron chi connectivity index (χ0n) is 13.6. The first-order valence-electron chi connectivity index (χ1n) is 7.59. The third-order valence-corrected chi connectivity index (χ3v) is 4.95. The van der Waals surface area contributed by atoms with Crippen LogP contribution in [0.2, 0.25) is 20.1 Å². The molecule has 0 radical (unpaired) electrons. The minimum Gasteiger partial charge on any atom is -0.342 e. The van der Waals surface area contributed by atoms with Crippen LogP contribution in [0.25, 0.3) is 0 Å². The van der Waals surface area contributed by atoms with Crippen LogP contribution in [0.5, 0.6) is 0 Å². The number of rotatable bonds is 4. The maximum Gasteiger partial charge on any atom is 0.100 e. The topological polar surface area (TPSA) is 29.6 Å². The summed E-state index contributed by atoms with van der Waals surface area (Å²) in [6, 6.07) is 14.4. The zero-order chi connectivity index (χ0) is 18.7. The molecule has 0 fully saturated rings. The van der Waals surface area contributed by atoms with Crippen LogP contribution in [0.3, 0.4) is 0 Å². The van der Waals surface area contributed by atoms with Crippen molar-refractivity contribution in [2.24, 2.45) is 17.0 Å². The SMILES string of the molecule is Cn1c(C=Nc2c(Cl)cccc2Cl)ccc1C=Nc1c(Cl)cccc1Cl. The van der Waals surface area contributed by atoms with Gasteiger partial charge in [-0.25, -0.2) is 0 Å². The van der Waals surface area contributed by atoms with Crippen LogP contribution >= 0.6 is 46.4 Å². The molecule has 0 saturated carbocycles. The van der Waals surface area contributed by atoms with Gasteiger partial charge >= 0.3 is 0 Å². The van der Waals surface area contributed by atoms with Crippen molar-refractivity contribution in [3.63, 3.8) is 0 Å². The van der Waals surface area contributed by atoms with Gasteiger partial charge in [0.1, 0.15) is 11.4 Å². The molecule has 0 unspecified atom stereocenters. The fourth-order valence-corrected chi connectivity index (χ4v) is 3.28. The Morgan fingerprint density at radius 3 is 1.35 bits per heavy atom. The molecule has 0 aliphatic rings. The highest BCUT2D eigenvalue weighted by molar-refractivity contribution is 6.39. The van der Waals surface area contributed by atoms with E-state index in [1.54, 1.807) is 48.8 Å². The zero-order valence-corrected chi connectivity index (χ0v) is 16.7. The Morgan fingerprint density at radius 1 is 0.654 bits per heavy atom. The molecule has 0 spiro atoms. The molecule has 132 valence electrons. The molecule has 0 N–H and O–H groups in total. The summed E-state index contributed by atoms with van der Waals surface area (Å²) in [5.74, 6) is 0. The maximum absolute atomic E-state index is 6.14. The Morgan fingerprint density at radius 2 is 1.00 bits per heavy atom. The minimum atomic E-state index is 0.498. The fourth-order valence-electron chi connectivity index (χ4n) is 2.29. The van der Waals surface area contributed by atoms with Crippen LogP contribution in [-0.4, -0.2) is 17.0 Å². The monoisotopic (exact) mass is 423 g/mol. The predicted molar refractivity (Wildman–Crippen MR) is 113 cm³/mol. The van der Waals surface area contributed by atoms with Crippen LogP contribution in [0.15, 0.2) is 58.5 Å². The van der Waals surface area contributed by atoms with Gasteiger partial charge in [0.25, 0.3) is 0 Å². The molecule has 2 aromatic carbocycles. The Kier molecular flexibility index (Phi) is 6.05. The van der Waals surface area contributed by atoms with E-state index in [9.17, 15) is 0 Å². The molecular formula is C19H13Cl4N3. The molecule has 0 amide bonds. The number of nitrogens with zero attached hydrogens (tertiary/aromatic N) is 3. The van der Waals surface area contributed by atoms with E-state index in [1.807, 2.05) is 23.7 Å². The molecule has 3 nitrogen and oxygen atoms in total. The summed E-state index contributed by atoms with van der Waals surface area (Å²) in [5.41, 5.74) is 2.81. The minimum absolute atomic E-state index is 0.498. The van der Waals surface area contributed by atoms with Crippen molar-refractivity contribution in [3.8, 4) is 0 Å². The molecule has 0 aliphatic carbocycles. The van der Waals surface area contributed by atoms with E-state index < -0.39 is 0 Å². The van der Waals surface area contributed by atoms with Crippen molar-refractivity contribution in [1.29, 1.82) is 0 Å². The van der Waals surface area contributed by atoms with Gasteiger partial charge in [-0.3, -0.25) is 9.98 Å². The molecule has 26 heavy (non-hydrogen) atoms. The average Bonchev–Trinajstić information content (AvgIpc) is 2.94. The van der Waals surface area contributed by atoms with Crippen LogP contribution in [0.4, 0.5) is 11.4 Å². The van der Waals surface area contributed by atoms with E-state index in [4.69, 9.17) is 46.4 Å². The highest BCUT2D eigenvalue weighted by atomic mass is 35.5. The summed E-state index contributed by atoms with van der Waals surface area (Å²) in [4.78, 5) is 8.80. The molecule has 3 aromatic rings. The summed E-state index contributed by atoms with van der Waals surface area (Å²) < 4.78 is 1.93. The summed E-state index contributed by atoms with van der Waals surface area (Å²) in [6.07, 6.45) is 3.40. The molecule has 7 heteroatoms. The van der Waals surface area contributed by atoms with Gasteiger partial charge in [-0.1, -0.05) is 58.5 Å². The van der Waals surface area contributed by atoms with Crippen molar-refractivity contribution in [3.05, 3.63) is 80.0 Å². The third-order valence-electron chi connectivity index (χ3n) is 3.73. The van der Waals surface area contributed by atoms with Gasteiger partial charge in [-0.2, -0.15) is 0 Å². The largest absolute Gasteiger partial charge is 0.342 e. The van der Waals surface area contributed by atoms with Crippen molar-refractivity contribution < 1.29 is 0 Å². The van der Waals surface area contributed by atoms with E-state index in [2.05, 4.69) is 9.98 Å². The van der Waals surface area contributed by atoms with E-state index in [1.165, 1.54) is 0 Å². The van der Waals surface area contributed by atoms with Crippen molar-refractivity contribution in [2.75, 3.05) is 0 Å². The quantitative estimate of drug-likeness (QED) is 0.398. The second-order valence-electron chi connectivity index (χ2n) is 5.40. The molecule has 0 aliphatic heterocycles. The fraction of sp³-hybridized carbons (Fsp3) is 0.0526. The van der Waals surface area contributed by atoms with Crippen molar-refractivity contribution >= 4 is 70.2 Å². The third kappa shape index (κ3) is 4.13. The van der Waals surface area contributed by atoms with E-state index in [-0.39, 0.29) is 0 Å². The van der Waals surface area contributed by atoms with E-state index in [0.29, 0.717) is 31.5 Å². The highest BCUT2D eigenvalue weighted by Gasteiger charge is 2.06. The number of hydrogen-bond donors (Lipinski definition) is 0.